The minimum Gasteiger partial charge on any atom is -0.396 e. The first kappa shape index (κ1) is 13.5. The molecule has 0 spiro atoms. The fraction of sp³-hybridized carbons (Fsp3) is 0.267. The Hall–Kier alpha value is -2.47. The zero-order valence-electron chi connectivity index (χ0n) is 11.4. The Morgan fingerprint density at radius 1 is 1.48 bits per heavy atom. The summed E-state index contributed by atoms with van der Waals surface area (Å²) in [5.41, 5.74) is 0.857. The highest BCUT2D eigenvalue weighted by molar-refractivity contribution is 5.86. The Labute approximate surface area is 121 Å². The molecule has 1 atom stereocenters. The monoisotopic (exact) mass is 284 g/mol. The zero-order chi connectivity index (χ0) is 14.7. The number of pyridine rings is 1. The van der Waals surface area contributed by atoms with Crippen LogP contribution in [0.5, 0.6) is 0 Å². The molecule has 2 aliphatic rings. The van der Waals surface area contributed by atoms with Gasteiger partial charge in [0.1, 0.15) is 11.4 Å². The van der Waals surface area contributed by atoms with Crippen LogP contribution in [0.4, 0.5) is 0 Å². The van der Waals surface area contributed by atoms with E-state index in [-0.39, 0.29) is 12.5 Å². The Balaban J connectivity index is 1.86. The molecule has 6 nitrogen and oxygen atoms in total. The van der Waals surface area contributed by atoms with Crippen LogP contribution in [0.15, 0.2) is 47.4 Å². The summed E-state index contributed by atoms with van der Waals surface area (Å²) in [6.45, 7) is 0.531. The van der Waals surface area contributed by atoms with Crippen LogP contribution in [0.1, 0.15) is 6.42 Å². The molecule has 2 aliphatic heterocycles. The summed E-state index contributed by atoms with van der Waals surface area (Å²) < 4.78 is 0. The molecule has 0 saturated carbocycles. The molecule has 1 aromatic heterocycles. The van der Waals surface area contributed by atoms with Gasteiger partial charge in [-0.1, -0.05) is 6.08 Å². The molecular formula is C15H16N4O2. The molecule has 0 aliphatic carbocycles. The highest BCUT2D eigenvalue weighted by Gasteiger charge is 2.28. The van der Waals surface area contributed by atoms with Crippen LogP contribution in [0.2, 0.25) is 0 Å². The van der Waals surface area contributed by atoms with Crippen LogP contribution >= 0.6 is 0 Å². The number of allylic oxidation sites excluding steroid dienone is 1. The minimum atomic E-state index is -0.405. The van der Waals surface area contributed by atoms with Crippen LogP contribution in [0.3, 0.4) is 0 Å². The predicted octanol–water partition coefficient (Wildman–Crippen LogP) is -0.967. The molecule has 0 radical (unpaired) electrons. The van der Waals surface area contributed by atoms with E-state index in [9.17, 15) is 4.79 Å². The number of amides is 1. The van der Waals surface area contributed by atoms with Crippen molar-refractivity contribution in [2.75, 3.05) is 13.2 Å². The van der Waals surface area contributed by atoms with E-state index in [4.69, 9.17) is 5.11 Å². The number of carbonyl (C=O) groups is 1. The van der Waals surface area contributed by atoms with Gasteiger partial charge in [-0.15, -0.1) is 0 Å². The third kappa shape index (κ3) is 2.71. The summed E-state index contributed by atoms with van der Waals surface area (Å²) in [4.78, 5) is 22.8. The van der Waals surface area contributed by atoms with E-state index in [0.29, 0.717) is 13.0 Å². The van der Waals surface area contributed by atoms with Crippen molar-refractivity contribution < 1.29 is 9.90 Å². The lowest BCUT2D eigenvalue weighted by Crippen LogP contribution is -2.42. The fourth-order valence-corrected chi connectivity index (χ4v) is 2.29. The van der Waals surface area contributed by atoms with Crippen molar-refractivity contribution in [1.29, 1.82) is 0 Å². The molecule has 6 heteroatoms. The summed E-state index contributed by atoms with van der Waals surface area (Å²) in [6, 6.07) is 3.32. The van der Waals surface area contributed by atoms with Gasteiger partial charge in [-0.25, -0.2) is 0 Å². The summed E-state index contributed by atoms with van der Waals surface area (Å²) in [7, 11) is 0. The summed E-state index contributed by atoms with van der Waals surface area (Å²) >= 11 is 0. The molecular weight excluding hydrogens is 268 g/mol. The van der Waals surface area contributed by atoms with E-state index < -0.39 is 6.04 Å². The number of aliphatic hydroxyl groups excluding tert-OH is 1. The molecule has 21 heavy (non-hydrogen) atoms. The number of aromatic nitrogens is 1. The van der Waals surface area contributed by atoms with Crippen LogP contribution < -0.4 is 16.0 Å². The zero-order valence-corrected chi connectivity index (χ0v) is 11.4. The molecule has 1 aromatic rings. The molecule has 0 fully saturated rings. The van der Waals surface area contributed by atoms with Crippen molar-refractivity contribution in [3.63, 3.8) is 0 Å². The minimum absolute atomic E-state index is 0.0674. The van der Waals surface area contributed by atoms with Crippen molar-refractivity contribution in [2.45, 2.75) is 12.5 Å². The lowest BCUT2D eigenvalue weighted by Gasteiger charge is -2.22. The first-order valence-corrected chi connectivity index (χ1v) is 6.85. The number of hydrogen-bond acceptors (Lipinski definition) is 5. The smallest absolute Gasteiger partial charge is 0.247 e. The average Bonchev–Trinajstić information content (AvgIpc) is 2.80. The maximum atomic E-state index is 12.2. The maximum absolute atomic E-state index is 12.2. The summed E-state index contributed by atoms with van der Waals surface area (Å²) in [5, 5.41) is 13.1. The topological polar surface area (TPSA) is 77.8 Å². The third-order valence-corrected chi connectivity index (χ3v) is 3.36. The Morgan fingerprint density at radius 3 is 3.24 bits per heavy atom. The van der Waals surface area contributed by atoms with Crippen molar-refractivity contribution in [2.24, 2.45) is 4.99 Å². The van der Waals surface area contributed by atoms with Crippen molar-refractivity contribution in [3.8, 4) is 0 Å². The Kier molecular flexibility index (Phi) is 3.79. The van der Waals surface area contributed by atoms with Gasteiger partial charge < -0.3 is 15.3 Å². The average molecular weight is 284 g/mol. The molecule has 108 valence electrons. The molecule has 2 N–H and O–H groups in total. The van der Waals surface area contributed by atoms with Gasteiger partial charge in [-0.2, -0.15) is 0 Å². The number of carbonyl (C=O) groups excluding carboxylic acids is 1. The number of nitrogens with zero attached hydrogens (tertiary/aromatic N) is 3. The van der Waals surface area contributed by atoms with E-state index in [2.05, 4.69) is 15.3 Å². The number of rotatable bonds is 4. The summed E-state index contributed by atoms with van der Waals surface area (Å²) in [5.74, 6) is -0.0984. The molecule has 0 bridgehead atoms. The SMILES string of the molecule is O=C(NCCCO)C1C=CC2=CN=c3cccnc3=CN21. The molecule has 1 unspecified atom stereocenters. The van der Waals surface area contributed by atoms with Gasteiger partial charge in [0.2, 0.25) is 5.91 Å². The van der Waals surface area contributed by atoms with Gasteiger partial charge in [-0.3, -0.25) is 14.8 Å². The molecule has 1 amide bonds. The molecule has 0 aromatic carbocycles. The molecule has 3 rings (SSSR count). The van der Waals surface area contributed by atoms with Gasteiger partial charge in [0.05, 0.1) is 17.3 Å². The van der Waals surface area contributed by atoms with Crippen LogP contribution in [-0.2, 0) is 4.79 Å². The predicted molar refractivity (Wildman–Crippen MR) is 77.0 cm³/mol. The quantitative estimate of drug-likeness (QED) is 0.698. The molecule has 0 saturated heterocycles. The largest absolute Gasteiger partial charge is 0.396 e. The van der Waals surface area contributed by atoms with E-state index in [1.54, 1.807) is 12.4 Å². The normalized spacial score (nSPS) is 18.8. The summed E-state index contributed by atoms with van der Waals surface area (Å²) in [6.07, 6.45) is 9.54. The van der Waals surface area contributed by atoms with E-state index in [0.717, 1.165) is 16.4 Å². The molecule has 3 heterocycles. The van der Waals surface area contributed by atoms with E-state index in [1.165, 1.54) is 0 Å². The van der Waals surface area contributed by atoms with Gasteiger partial charge >= 0.3 is 0 Å². The highest BCUT2D eigenvalue weighted by Crippen LogP contribution is 2.21. The Bertz CT molecular complexity index is 723. The Morgan fingerprint density at radius 2 is 2.38 bits per heavy atom. The van der Waals surface area contributed by atoms with Crippen LogP contribution in [0, 0.1) is 0 Å². The van der Waals surface area contributed by atoms with Crippen molar-refractivity contribution in [1.82, 2.24) is 15.2 Å². The van der Waals surface area contributed by atoms with Crippen molar-refractivity contribution in [3.05, 3.63) is 53.1 Å². The standard InChI is InChI=1S/C15H16N4O2/c20-8-2-7-17-15(21)14-5-4-11-9-18-12-3-1-6-16-13(12)10-19(11)14/h1,3-6,9-10,14,20H,2,7-8H2,(H,17,21). The fourth-order valence-electron chi connectivity index (χ4n) is 2.29. The lowest BCUT2D eigenvalue weighted by molar-refractivity contribution is -0.123. The van der Waals surface area contributed by atoms with Gasteiger partial charge in [0, 0.05) is 25.5 Å². The second kappa shape index (κ2) is 5.88. The number of hydrogen-bond donors (Lipinski definition) is 2. The number of nitrogens with one attached hydrogen (secondary N) is 1. The van der Waals surface area contributed by atoms with Gasteiger partial charge in [-0.05, 0) is 24.6 Å². The second-order valence-corrected chi connectivity index (χ2v) is 4.80. The van der Waals surface area contributed by atoms with Crippen LogP contribution in [0.25, 0.3) is 6.20 Å². The first-order chi connectivity index (χ1) is 10.3. The second-order valence-electron chi connectivity index (χ2n) is 4.80. The lowest BCUT2D eigenvalue weighted by atomic mass is 10.2. The van der Waals surface area contributed by atoms with E-state index >= 15 is 0 Å². The van der Waals surface area contributed by atoms with Gasteiger partial charge in [0.25, 0.3) is 0 Å². The maximum Gasteiger partial charge on any atom is 0.247 e. The van der Waals surface area contributed by atoms with Crippen LogP contribution in [-0.4, -0.2) is 40.1 Å². The van der Waals surface area contributed by atoms with Gasteiger partial charge in [0.15, 0.2) is 0 Å². The first-order valence-electron chi connectivity index (χ1n) is 6.85. The van der Waals surface area contributed by atoms with Crippen molar-refractivity contribution >= 4 is 12.1 Å². The highest BCUT2D eigenvalue weighted by atomic mass is 16.3. The van der Waals surface area contributed by atoms with E-state index in [1.807, 2.05) is 35.4 Å². The third-order valence-electron chi connectivity index (χ3n) is 3.36. The number of fused-ring (bicyclic) bond motifs is 2. The number of aliphatic hydroxyl groups is 1.